The van der Waals surface area contributed by atoms with E-state index >= 15 is 0 Å². The highest BCUT2D eigenvalue weighted by Gasteiger charge is 2.09. The molecule has 1 amide bonds. The molecule has 0 radical (unpaired) electrons. The first-order valence-corrected chi connectivity index (χ1v) is 6.45. The standard InChI is InChI=1S/C16H14FNO4/c1-21-16(20)11-5-4-6-12(9-11)18-15(19)10-22-14-8-3-2-7-13(14)17/h2-9H,10H2,1H3,(H,18,19). The number of nitrogens with one attached hydrogen (secondary N) is 1. The van der Waals surface area contributed by atoms with E-state index in [4.69, 9.17) is 4.74 Å². The Hall–Kier alpha value is -2.89. The third-order valence-corrected chi connectivity index (χ3v) is 2.76. The van der Waals surface area contributed by atoms with Gasteiger partial charge in [-0.3, -0.25) is 4.79 Å². The van der Waals surface area contributed by atoms with Crippen LogP contribution >= 0.6 is 0 Å². The molecule has 0 aliphatic heterocycles. The zero-order valence-corrected chi connectivity index (χ0v) is 11.8. The van der Waals surface area contributed by atoms with E-state index in [9.17, 15) is 14.0 Å². The second kappa shape index (κ2) is 7.21. The van der Waals surface area contributed by atoms with Crippen LogP contribution in [0.4, 0.5) is 10.1 Å². The molecule has 22 heavy (non-hydrogen) atoms. The molecule has 6 heteroatoms. The fourth-order valence-corrected chi connectivity index (χ4v) is 1.74. The number of anilines is 1. The number of benzene rings is 2. The van der Waals surface area contributed by atoms with Crippen molar-refractivity contribution < 1.29 is 23.5 Å². The van der Waals surface area contributed by atoms with Gasteiger partial charge in [-0.2, -0.15) is 0 Å². The molecule has 0 aliphatic rings. The first-order chi connectivity index (χ1) is 10.6. The lowest BCUT2D eigenvalue weighted by molar-refractivity contribution is -0.118. The molecular formula is C16H14FNO4. The predicted octanol–water partition coefficient (Wildman–Crippen LogP) is 2.63. The van der Waals surface area contributed by atoms with Gasteiger partial charge in [0, 0.05) is 5.69 Å². The predicted molar refractivity (Wildman–Crippen MR) is 78.3 cm³/mol. The molecule has 0 aromatic heterocycles. The number of methoxy groups -OCH3 is 1. The van der Waals surface area contributed by atoms with Crippen LogP contribution in [0.2, 0.25) is 0 Å². The summed E-state index contributed by atoms with van der Waals surface area (Å²) in [5.74, 6) is -1.51. The van der Waals surface area contributed by atoms with Crippen molar-refractivity contribution in [3.8, 4) is 5.75 Å². The summed E-state index contributed by atoms with van der Waals surface area (Å²) in [6.45, 7) is -0.344. The second-order valence-corrected chi connectivity index (χ2v) is 4.34. The highest BCUT2D eigenvalue weighted by molar-refractivity contribution is 5.95. The molecule has 0 bridgehead atoms. The van der Waals surface area contributed by atoms with Gasteiger partial charge in [-0.25, -0.2) is 9.18 Å². The molecule has 0 spiro atoms. The maximum Gasteiger partial charge on any atom is 0.337 e. The Bertz CT molecular complexity index is 687. The van der Waals surface area contributed by atoms with Gasteiger partial charge in [-0.15, -0.1) is 0 Å². The Kier molecular flexibility index (Phi) is 5.08. The number of amides is 1. The number of esters is 1. The van der Waals surface area contributed by atoms with Crippen molar-refractivity contribution in [1.82, 2.24) is 0 Å². The summed E-state index contributed by atoms with van der Waals surface area (Å²) < 4.78 is 23.0. The minimum atomic E-state index is -0.539. The van der Waals surface area contributed by atoms with Gasteiger partial charge in [0.25, 0.3) is 5.91 Å². The summed E-state index contributed by atoms with van der Waals surface area (Å²) in [4.78, 5) is 23.2. The normalized spacial score (nSPS) is 9.91. The van der Waals surface area contributed by atoms with Crippen LogP contribution in [0.5, 0.6) is 5.75 Å². The van der Waals surface area contributed by atoms with E-state index in [1.165, 1.54) is 31.4 Å². The minimum absolute atomic E-state index is 0.000890. The van der Waals surface area contributed by atoms with Crippen molar-refractivity contribution in [1.29, 1.82) is 0 Å². The number of rotatable bonds is 5. The van der Waals surface area contributed by atoms with Gasteiger partial charge in [-0.1, -0.05) is 18.2 Å². The highest BCUT2D eigenvalue weighted by Crippen LogP contribution is 2.15. The third kappa shape index (κ3) is 4.05. The molecule has 0 saturated carbocycles. The summed E-state index contributed by atoms with van der Waals surface area (Å²) in [5, 5.41) is 2.56. The van der Waals surface area contributed by atoms with Gasteiger partial charge in [0.15, 0.2) is 18.2 Å². The number of carbonyl (C=O) groups is 2. The molecule has 5 nitrogen and oxygen atoms in total. The van der Waals surface area contributed by atoms with Crippen LogP contribution < -0.4 is 10.1 Å². The number of hydrogen-bond acceptors (Lipinski definition) is 4. The van der Waals surface area contributed by atoms with E-state index in [1.807, 2.05) is 0 Å². The van der Waals surface area contributed by atoms with Crippen molar-refractivity contribution in [3.63, 3.8) is 0 Å². The Morgan fingerprint density at radius 2 is 1.91 bits per heavy atom. The lowest BCUT2D eigenvalue weighted by atomic mass is 10.2. The topological polar surface area (TPSA) is 64.6 Å². The Balaban J connectivity index is 1.95. The van der Waals surface area contributed by atoms with Crippen molar-refractivity contribution in [2.75, 3.05) is 19.0 Å². The van der Waals surface area contributed by atoms with Crippen molar-refractivity contribution in [2.24, 2.45) is 0 Å². The summed E-state index contributed by atoms with van der Waals surface area (Å²) >= 11 is 0. The SMILES string of the molecule is COC(=O)c1cccc(NC(=O)COc2ccccc2F)c1. The smallest absolute Gasteiger partial charge is 0.337 e. The molecule has 0 heterocycles. The van der Waals surface area contributed by atoms with Crippen LogP contribution in [0.3, 0.4) is 0 Å². The fraction of sp³-hybridized carbons (Fsp3) is 0.125. The van der Waals surface area contributed by atoms with Crippen LogP contribution in [0.1, 0.15) is 10.4 Å². The third-order valence-electron chi connectivity index (χ3n) is 2.76. The molecule has 0 fully saturated rings. The molecule has 0 saturated heterocycles. The van der Waals surface area contributed by atoms with E-state index in [0.29, 0.717) is 11.3 Å². The number of para-hydroxylation sites is 1. The van der Waals surface area contributed by atoms with Crippen LogP contribution in [0.15, 0.2) is 48.5 Å². The van der Waals surface area contributed by atoms with Gasteiger partial charge >= 0.3 is 5.97 Å². The summed E-state index contributed by atoms with van der Waals surface area (Å²) in [6, 6.07) is 12.1. The molecule has 0 aliphatic carbocycles. The van der Waals surface area contributed by atoms with Gasteiger partial charge in [0.2, 0.25) is 0 Å². The maximum atomic E-state index is 13.3. The van der Waals surface area contributed by atoms with E-state index in [-0.39, 0.29) is 12.4 Å². The van der Waals surface area contributed by atoms with Gasteiger partial charge < -0.3 is 14.8 Å². The average molecular weight is 303 g/mol. The van der Waals surface area contributed by atoms with Gasteiger partial charge in [0.05, 0.1) is 12.7 Å². The van der Waals surface area contributed by atoms with E-state index in [2.05, 4.69) is 10.1 Å². The molecule has 2 aromatic carbocycles. The van der Waals surface area contributed by atoms with Crippen LogP contribution in [-0.2, 0) is 9.53 Å². The zero-order valence-electron chi connectivity index (χ0n) is 11.8. The summed E-state index contributed by atoms with van der Waals surface area (Å²) in [5.41, 5.74) is 0.736. The summed E-state index contributed by atoms with van der Waals surface area (Å²) in [6.07, 6.45) is 0. The number of carbonyl (C=O) groups excluding carboxylic acids is 2. The Labute approximate surface area is 126 Å². The van der Waals surface area contributed by atoms with Crippen molar-refractivity contribution >= 4 is 17.6 Å². The maximum absolute atomic E-state index is 13.3. The van der Waals surface area contributed by atoms with E-state index < -0.39 is 17.7 Å². The monoisotopic (exact) mass is 303 g/mol. The lowest BCUT2D eigenvalue weighted by Gasteiger charge is -2.09. The molecule has 0 atom stereocenters. The van der Waals surface area contributed by atoms with E-state index in [1.54, 1.807) is 24.3 Å². The van der Waals surface area contributed by atoms with Crippen molar-refractivity contribution in [3.05, 3.63) is 59.9 Å². The minimum Gasteiger partial charge on any atom is -0.481 e. The van der Waals surface area contributed by atoms with Crippen LogP contribution in [-0.4, -0.2) is 25.6 Å². The second-order valence-electron chi connectivity index (χ2n) is 4.34. The molecule has 0 unspecified atom stereocenters. The fourth-order valence-electron chi connectivity index (χ4n) is 1.74. The quantitative estimate of drug-likeness (QED) is 0.862. The average Bonchev–Trinajstić information content (AvgIpc) is 2.53. The molecule has 2 rings (SSSR count). The number of halogens is 1. The van der Waals surface area contributed by atoms with Gasteiger partial charge in [-0.05, 0) is 30.3 Å². The molecular weight excluding hydrogens is 289 g/mol. The largest absolute Gasteiger partial charge is 0.481 e. The first kappa shape index (κ1) is 15.5. The molecule has 1 N–H and O–H groups in total. The highest BCUT2D eigenvalue weighted by atomic mass is 19.1. The van der Waals surface area contributed by atoms with E-state index in [0.717, 1.165) is 0 Å². The molecule has 114 valence electrons. The summed E-state index contributed by atoms with van der Waals surface area (Å²) in [7, 11) is 1.27. The van der Waals surface area contributed by atoms with Crippen LogP contribution in [0.25, 0.3) is 0 Å². The number of hydrogen-bond donors (Lipinski definition) is 1. The lowest BCUT2D eigenvalue weighted by Crippen LogP contribution is -2.20. The Morgan fingerprint density at radius 3 is 2.64 bits per heavy atom. The van der Waals surface area contributed by atoms with Crippen LogP contribution in [0, 0.1) is 5.82 Å². The van der Waals surface area contributed by atoms with Gasteiger partial charge in [0.1, 0.15) is 0 Å². The first-order valence-electron chi connectivity index (χ1n) is 6.45. The Morgan fingerprint density at radius 1 is 1.14 bits per heavy atom. The number of ether oxygens (including phenoxy) is 2. The van der Waals surface area contributed by atoms with Crippen molar-refractivity contribution in [2.45, 2.75) is 0 Å². The molecule has 2 aromatic rings. The zero-order chi connectivity index (χ0) is 15.9.